The van der Waals surface area contributed by atoms with Crippen LogP contribution < -0.4 is 19.5 Å². The Kier molecular flexibility index (Phi) is 4.63. The highest BCUT2D eigenvalue weighted by Gasteiger charge is 2.49. The zero-order valence-corrected chi connectivity index (χ0v) is 16.5. The number of fused-ring (bicyclic) bond motifs is 2. The fourth-order valence-corrected chi connectivity index (χ4v) is 4.11. The van der Waals surface area contributed by atoms with Crippen molar-refractivity contribution in [1.82, 2.24) is 30.5 Å². The zero-order valence-electron chi connectivity index (χ0n) is 16.5. The molecule has 1 N–H and O–H groups in total. The van der Waals surface area contributed by atoms with E-state index in [0.717, 1.165) is 5.69 Å². The summed E-state index contributed by atoms with van der Waals surface area (Å²) in [7, 11) is 0. The van der Waals surface area contributed by atoms with Crippen LogP contribution in [0, 0.1) is 0 Å². The summed E-state index contributed by atoms with van der Waals surface area (Å²) >= 11 is 0. The Morgan fingerprint density at radius 1 is 1.06 bits per heavy atom. The standard InChI is InChI=1S/C20H20N6O5/c1-2-6-21-12(3-1)8-22-14-9-27-19-15(10-28-18(14)19)26-20(23-24-25-26)31-13-4-5-16-17(7-13)30-11-29-16/h1-7,14-15,18-19,22H,8-11H2/t14-,15+,18-,19+/m1/s1. The third kappa shape index (κ3) is 3.46. The molecule has 0 bridgehead atoms. The van der Waals surface area contributed by atoms with Crippen LogP contribution in [0.4, 0.5) is 0 Å². The van der Waals surface area contributed by atoms with Gasteiger partial charge in [-0.15, -0.1) is 0 Å². The van der Waals surface area contributed by atoms with E-state index in [0.29, 0.717) is 37.0 Å². The Balaban J connectivity index is 1.14. The molecular weight excluding hydrogens is 404 g/mol. The van der Waals surface area contributed by atoms with Crippen LogP contribution in [0.1, 0.15) is 11.7 Å². The summed E-state index contributed by atoms with van der Waals surface area (Å²) in [5.74, 6) is 1.86. The van der Waals surface area contributed by atoms with Crippen LogP contribution in [0.15, 0.2) is 42.6 Å². The van der Waals surface area contributed by atoms with E-state index in [-0.39, 0.29) is 37.1 Å². The van der Waals surface area contributed by atoms with Crippen molar-refractivity contribution in [3.8, 4) is 23.3 Å². The molecule has 0 radical (unpaired) electrons. The van der Waals surface area contributed by atoms with Crippen molar-refractivity contribution >= 4 is 0 Å². The maximum absolute atomic E-state index is 6.06. The molecule has 3 aliphatic heterocycles. The third-order valence-corrected chi connectivity index (χ3v) is 5.63. The minimum Gasteiger partial charge on any atom is -0.454 e. The third-order valence-electron chi connectivity index (χ3n) is 5.63. The van der Waals surface area contributed by atoms with Gasteiger partial charge in [0.2, 0.25) is 6.79 Å². The molecule has 2 fully saturated rings. The first-order valence-corrected chi connectivity index (χ1v) is 10.1. The van der Waals surface area contributed by atoms with E-state index < -0.39 is 0 Å². The number of aromatic nitrogens is 5. The predicted octanol–water partition coefficient (Wildman–Crippen LogP) is 1.09. The van der Waals surface area contributed by atoms with Crippen LogP contribution in [0.2, 0.25) is 0 Å². The monoisotopic (exact) mass is 424 g/mol. The largest absolute Gasteiger partial charge is 0.454 e. The summed E-state index contributed by atoms with van der Waals surface area (Å²) in [6, 6.07) is 11.3. The maximum Gasteiger partial charge on any atom is 0.341 e. The van der Waals surface area contributed by atoms with E-state index in [1.165, 1.54) is 0 Å². The van der Waals surface area contributed by atoms with Gasteiger partial charge in [-0.25, -0.2) is 0 Å². The van der Waals surface area contributed by atoms with Crippen molar-refractivity contribution in [2.45, 2.75) is 30.8 Å². The molecule has 31 heavy (non-hydrogen) atoms. The summed E-state index contributed by atoms with van der Waals surface area (Å²) in [4.78, 5) is 4.35. The molecule has 3 aliphatic rings. The van der Waals surface area contributed by atoms with E-state index in [1.54, 1.807) is 29.1 Å². The molecule has 0 unspecified atom stereocenters. The summed E-state index contributed by atoms with van der Waals surface area (Å²) in [6.07, 6.45) is 1.51. The number of pyridine rings is 1. The van der Waals surface area contributed by atoms with Crippen LogP contribution in [-0.4, -0.2) is 63.4 Å². The fraction of sp³-hybridized carbons (Fsp3) is 0.400. The van der Waals surface area contributed by atoms with Crippen molar-refractivity contribution in [2.24, 2.45) is 0 Å². The number of rotatable bonds is 6. The Hall–Kier alpha value is -3.28. The second-order valence-corrected chi connectivity index (χ2v) is 7.49. The Morgan fingerprint density at radius 2 is 2.00 bits per heavy atom. The van der Waals surface area contributed by atoms with Gasteiger partial charge < -0.3 is 29.0 Å². The van der Waals surface area contributed by atoms with Gasteiger partial charge in [0.15, 0.2) is 11.5 Å². The highest BCUT2D eigenvalue weighted by Crippen LogP contribution is 2.38. The number of hydrogen-bond donors (Lipinski definition) is 1. The summed E-state index contributed by atoms with van der Waals surface area (Å²) in [5, 5.41) is 15.4. The molecule has 11 heteroatoms. The number of nitrogens with zero attached hydrogens (tertiary/aromatic N) is 5. The van der Waals surface area contributed by atoms with Crippen molar-refractivity contribution in [2.75, 3.05) is 20.0 Å². The average Bonchev–Trinajstić information content (AvgIpc) is 3.58. The van der Waals surface area contributed by atoms with Crippen LogP contribution in [0.25, 0.3) is 0 Å². The van der Waals surface area contributed by atoms with E-state index in [4.69, 9.17) is 23.7 Å². The van der Waals surface area contributed by atoms with E-state index in [2.05, 4.69) is 25.8 Å². The van der Waals surface area contributed by atoms with E-state index in [1.807, 2.05) is 18.2 Å². The number of hydrogen-bond acceptors (Lipinski definition) is 10. The van der Waals surface area contributed by atoms with Crippen molar-refractivity contribution in [1.29, 1.82) is 0 Å². The van der Waals surface area contributed by atoms with Gasteiger partial charge in [0.1, 0.15) is 24.0 Å². The quantitative estimate of drug-likeness (QED) is 0.616. The first-order valence-electron chi connectivity index (χ1n) is 10.1. The van der Waals surface area contributed by atoms with Crippen LogP contribution in [0.5, 0.6) is 23.3 Å². The lowest BCUT2D eigenvalue weighted by Gasteiger charge is -2.18. The molecule has 0 aliphatic carbocycles. The molecular formula is C20H20N6O5. The second-order valence-electron chi connectivity index (χ2n) is 7.49. The van der Waals surface area contributed by atoms with E-state index >= 15 is 0 Å². The summed E-state index contributed by atoms with van der Waals surface area (Å²) in [5.41, 5.74) is 0.973. The highest BCUT2D eigenvalue weighted by atomic mass is 16.7. The number of tetrazole rings is 1. The normalized spacial score (nSPS) is 26.2. The van der Waals surface area contributed by atoms with Gasteiger partial charge in [0.25, 0.3) is 0 Å². The molecule has 6 rings (SSSR count). The molecule has 11 nitrogen and oxygen atoms in total. The van der Waals surface area contributed by atoms with Crippen molar-refractivity contribution in [3.05, 3.63) is 48.3 Å². The fourth-order valence-electron chi connectivity index (χ4n) is 4.11. The van der Waals surface area contributed by atoms with Crippen molar-refractivity contribution < 1.29 is 23.7 Å². The lowest BCUT2D eigenvalue weighted by molar-refractivity contribution is 0.0611. The number of ether oxygens (including phenoxy) is 5. The smallest absolute Gasteiger partial charge is 0.341 e. The molecule has 0 saturated carbocycles. The second kappa shape index (κ2) is 7.76. The molecule has 3 aromatic rings. The van der Waals surface area contributed by atoms with Crippen LogP contribution >= 0.6 is 0 Å². The number of nitrogens with one attached hydrogen (secondary N) is 1. The van der Waals surface area contributed by atoms with Gasteiger partial charge in [-0.3, -0.25) is 4.98 Å². The van der Waals surface area contributed by atoms with Crippen LogP contribution in [-0.2, 0) is 16.0 Å². The van der Waals surface area contributed by atoms with Crippen LogP contribution in [0.3, 0.4) is 0 Å². The molecule has 2 saturated heterocycles. The lowest BCUT2D eigenvalue weighted by Crippen LogP contribution is -2.40. The molecule has 0 spiro atoms. The Morgan fingerprint density at radius 3 is 2.94 bits per heavy atom. The Labute approximate surface area is 177 Å². The zero-order chi connectivity index (χ0) is 20.6. The first-order chi connectivity index (χ1) is 15.3. The van der Waals surface area contributed by atoms with Gasteiger partial charge in [-0.1, -0.05) is 11.2 Å². The van der Waals surface area contributed by atoms with E-state index in [9.17, 15) is 0 Å². The molecule has 1 aromatic carbocycles. The minimum atomic E-state index is -0.189. The molecule has 160 valence electrons. The van der Waals surface area contributed by atoms with Gasteiger partial charge in [0.05, 0.1) is 24.9 Å². The summed E-state index contributed by atoms with van der Waals surface area (Å²) in [6.45, 7) is 1.82. The number of benzene rings is 1. The lowest BCUT2D eigenvalue weighted by atomic mass is 10.1. The predicted molar refractivity (Wildman–Crippen MR) is 104 cm³/mol. The van der Waals surface area contributed by atoms with Gasteiger partial charge in [-0.05, 0) is 34.7 Å². The topological polar surface area (TPSA) is 115 Å². The molecule has 4 atom stereocenters. The highest BCUT2D eigenvalue weighted by molar-refractivity contribution is 5.47. The summed E-state index contributed by atoms with van der Waals surface area (Å²) < 4.78 is 30.4. The van der Waals surface area contributed by atoms with Gasteiger partial charge in [-0.2, -0.15) is 4.68 Å². The maximum atomic E-state index is 6.06. The Bertz CT molecular complexity index is 1060. The van der Waals surface area contributed by atoms with Gasteiger partial charge in [0, 0.05) is 18.8 Å². The van der Waals surface area contributed by atoms with Crippen molar-refractivity contribution in [3.63, 3.8) is 0 Å². The molecule has 0 amide bonds. The SMILES string of the molecule is c1ccc(CN[C@@H]2CO[C@@H]3[C@@H]2OC[C@@H]3n2nnnc2Oc2ccc3c(c2)OCO3)nc1. The molecule has 2 aromatic heterocycles. The molecule has 5 heterocycles. The first kappa shape index (κ1) is 18.5. The van der Waals surface area contributed by atoms with Gasteiger partial charge >= 0.3 is 6.01 Å². The minimum absolute atomic E-state index is 0.0618. The average molecular weight is 424 g/mol.